The number of amides is 1. The Morgan fingerprint density at radius 2 is 2.38 bits per heavy atom. The zero-order chi connectivity index (χ0) is 11.5. The van der Waals surface area contributed by atoms with Gasteiger partial charge in [0.1, 0.15) is 0 Å². The Morgan fingerprint density at radius 1 is 1.56 bits per heavy atom. The molecule has 1 unspecified atom stereocenters. The maximum atomic E-state index is 11.2. The highest BCUT2D eigenvalue weighted by atomic mass is 35.5. The van der Waals surface area contributed by atoms with Crippen molar-refractivity contribution in [3.05, 3.63) is 23.0 Å². The van der Waals surface area contributed by atoms with E-state index >= 15 is 0 Å². The lowest BCUT2D eigenvalue weighted by molar-refractivity contribution is -0.122. The summed E-state index contributed by atoms with van der Waals surface area (Å²) in [5.74, 6) is -0.264. The fraction of sp³-hybridized carbons (Fsp3) is 0.500. The molecule has 0 saturated carbocycles. The lowest BCUT2D eigenvalue weighted by Gasteiger charge is -2.20. The minimum atomic E-state index is -0.264. The quantitative estimate of drug-likeness (QED) is 0.839. The Morgan fingerprint density at radius 3 is 3.00 bits per heavy atom. The summed E-state index contributed by atoms with van der Waals surface area (Å²) >= 11 is 5.65. The van der Waals surface area contributed by atoms with E-state index in [2.05, 4.69) is 10.2 Å². The molecule has 2 rings (SSSR count). The van der Waals surface area contributed by atoms with Gasteiger partial charge in [0.25, 0.3) is 0 Å². The van der Waals surface area contributed by atoms with Gasteiger partial charge in [-0.2, -0.15) is 5.10 Å². The summed E-state index contributed by atoms with van der Waals surface area (Å²) in [7, 11) is 0. The number of primary amides is 1. The van der Waals surface area contributed by atoms with Gasteiger partial charge in [-0.05, 0) is 31.5 Å². The number of nitrogens with zero attached hydrogens (tertiary/aromatic N) is 3. The van der Waals surface area contributed by atoms with E-state index in [-0.39, 0.29) is 11.9 Å². The molecule has 16 heavy (non-hydrogen) atoms. The normalized spacial score (nSPS) is 21.2. The lowest BCUT2D eigenvalue weighted by Crippen LogP contribution is -2.39. The van der Waals surface area contributed by atoms with Crippen LogP contribution >= 0.6 is 11.6 Å². The first-order valence-electron chi connectivity index (χ1n) is 5.18. The Kier molecular flexibility index (Phi) is 3.36. The molecule has 0 bridgehead atoms. The van der Waals surface area contributed by atoms with Crippen molar-refractivity contribution in [1.82, 2.24) is 15.1 Å². The number of aromatic nitrogens is 2. The van der Waals surface area contributed by atoms with Gasteiger partial charge in [-0.3, -0.25) is 9.69 Å². The number of rotatable bonds is 3. The first kappa shape index (κ1) is 11.3. The fourth-order valence-electron chi connectivity index (χ4n) is 1.97. The minimum Gasteiger partial charge on any atom is -0.368 e. The molecule has 0 radical (unpaired) electrons. The molecular weight excluding hydrogens is 228 g/mol. The number of hydrogen-bond acceptors (Lipinski definition) is 4. The Balaban J connectivity index is 2.03. The van der Waals surface area contributed by atoms with Crippen molar-refractivity contribution in [2.75, 3.05) is 6.54 Å². The molecule has 1 saturated heterocycles. The second kappa shape index (κ2) is 4.76. The van der Waals surface area contributed by atoms with E-state index in [0.29, 0.717) is 11.7 Å². The summed E-state index contributed by atoms with van der Waals surface area (Å²) in [6, 6.07) is 3.34. The average molecular weight is 241 g/mol. The smallest absolute Gasteiger partial charge is 0.234 e. The molecule has 5 nitrogen and oxygen atoms in total. The number of likely N-dealkylation sites (tertiary alicyclic amines) is 1. The van der Waals surface area contributed by atoms with Crippen LogP contribution in [0.4, 0.5) is 0 Å². The summed E-state index contributed by atoms with van der Waals surface area (Å²) in [5.41, 5.74) is 6.13. The maximum Gasteiger partial charge on any atom is 0.234 e. The largest absolute Gasteiger partial charge is 0.368 e. The predicted molar refractivity (Wildman–Crippen MR) is 59.7 cm³/mol. The van der Waals surface area contributed by atoms with Gasteiger partial charge in [0.2, 0.25) is 5.91 Å². The lowest BCUT2D eigenvalue weighted by atomic mass is 10.2. The van der Waals surface area contributed by atoms with Crippen LogP contribution < -0.4 is 5.73 Å². The van der Waals surface area contributed by atoms with Gasteiger partial charge in [0, 0.05) is 6.54 Å². The highest BCUT2D eigenvalue weighted by Crippen LogP contribution is 2.19. The van der Waals surface area contributed by atoms with Crippen molar-refractivity contribution >= 4 is 17.5 Å². The molecule has 0 aromatic carbocycles. The van der Waals surface area contributed by atoms with Gasteiger partial charge >= 0.3 is 0 Å². The molecule has 86 valence electrons. The summed E-state index contributed by atoms with van der Waals surface area (Å²) < 4.78 is 0. The Hall–Kier alpha value is -1.20. The SMILES string of the molecule is NC(=O)C1CCCN1Cc1ccc(Cl)nn1. The van der Waals surface area contributed by atoms with Crippen LogP contribution in [-0.2, 0) is 11.3 Å². The highest BCUT2D eigenvalue weighted by Gasteiger charge is 2.28. The molecule has 0 spiro atoms. The zero-order valence-electron chi connectivity index (χ0n) is 8.77. The summed E-state index contributed by atoms with van der Waals surface area (Å²) in [6.45, 7) is 1.47. The second-order valence-corrected chi connectivity index (χ2v) is 4.27. The van der Waals surface area contributed by atoms with Crippen LogP contribution in [0, 0.1) is 0 Å². The molecule has 2 N–H and O–H groups in total. The van der Waals surface area contributed by atoms with Crippen LogP contribution in [0.3, 0.4) is 0 Å². The van der Waals surface area contributed by atoms with E-state index in [1.807, 2.05) is 11.0 Å². The molecule has 1 aromatic heterocycles. The van der Waals surface area contributed by atoms with Crippen molar-refractivity contribution in [3.63, 3.8) is 0 Å². The first-order chi connectivity index (χ1) is 7.66. The van der Waals surface area contributed by atoms with Gasteiger partial charge in [0.15, 0.2) is 5.15 Å². The van der Waals surface area contributed by atoms with E-state index in [1.54, 1.807) is 6.07 Å². The molecule has 1 aliphatic rings. The van der Waals surface area contributed by atoms with Gasteiger partial charge in [-0.25, -0.2) is 0 Å². The topological polar surface area (TPSA) is 72.1 Å². The van der Waals surface area contributed by atoms with Gasteiger partial charge < -0.3 is 5.73 Å². The summed E-state index contributed by atoms with van der Waals surface area (Å²) in [6.07, 6.45) is 1.82. The van der Waals surface area contributed by atoms with Crippen LogP contribution in [-0.4, -0.2) is 33.6 Å². The van der Waals surface area contributed by atoms with Crippen LogP contribution in [0.25, 0.3) is 0 Å². The average Bonchev–Trinajstić information content (AvgIpc) is 2.69. The number of carbonyl (C=O) groups excluding carboxylic acids is 1. The van der Waals surface area contributed by atoms with Crippen LogP contribution in [0.5, 0.6) is 0 Å². The summed E-state index contributed by atoms with van der Waals surface area (Å²) in [4.78, 5) is 13.2. The molecule has 1 aliphatic heterocycles. The van der Waals surface area contributed by atoms with E-state index < -0.39 is 0 Å². The monoisotopic (exact) mass is 240 g/mol. The van der Waals surface area contributed by atoms with E-state index in [4.69, 9.17) is 17.3 Å². The van der Waals surface area contributed by atoms with Crippen molar-refractivity contribution in [2.24, 2.45) is 5.73 Å². The highest BCUT2D eigenvalue weighted by molar-refractivity contribution is 6.29. The minimum absolute atomic E-state index is 0.169. The van der Waals surface area contributed by atoms with Crippen molar-refractivity contribution < 1.29 is 4.79 Å². The van der Waals surface area contributed by atoms with E-state index in [9.17, 15) is 4.79 Å². The fourth-order valence-corrected chi connectivity index (χ4v) is 2.07. The molecule has 1 fully saturated rings. The third kappa shape index (κ3) is 2.48. The Labute approximate surface area is 98.6 Å². The Bertz CT molecular complexity index is 381. The van der Waals surface area contributed by atoms with E-state index in [0.717, 1.165) is 25.1 Å². The molecular formula is C10H13ClN4O. The number of halogens is 1. The van der Waals surface area contributed by atoms with Gasteiger partial charge in [-0.15, -0.1) is 5.10 Å². The molecule has 1 atom stereocenters. The van der Waals surface area contributed by atoms with Crippen LogP contribution in [0.1, 0.15) is 18.5 Å². The summed E-state index contributed by atoms with van der Waals surface area (Å²) in [5, 5.41) is 8.10. The molecule has 1 amide bonds. The van der Waals surface area contributed by atoms with Crippen molar-refractivity contribution in [3.8, 4) is 0 Å². The third-order valence-corrected chi connectivity index (χ3v) is 2.95. The predicted octanol–water partition coefficient (Wildman–Crippen LogP) is 0.580. The van der Waals surface area contributed by atoms with E-state index in [1.165, 1.54) is 0 Å². The van der Waals surface area contributed by atoms with Crippen LogP contribution in [0.2, 0.25) is 5.15 Å². The zero-order valence-corrected chi connectivity index (χ0v) is 9.52. The first-order valence-corrected chi connectivity index (χ1v) is 5.56. The number of carbonyl (C=O) groups is 1. The van der Waals surface area contributed by atoms with Crippen molar-refractivity contribution in [1.29, 1.82) is 0 Å². The molecule has 1 aromatic rings. The van der Waals surface area contributed by atoms with Gasteiger partial charge in [-0.1, -0.05) is 11.6 Å². The van der Waals surface area contributed by atoms with Crippen molar-refractivity contribution in [2.45, 2.75) is 25.4 Å². The molecule has 2 heterocycles. The number of nitrogens with two attached hydrogens (primary N) is 1. The second-order valence-electron chi connectivity index (χ2n) is 3.88. The number of hydrogen-bond donors (Lipinski definition) is 1. The molecule has 0 aliphatic carbocycles. The maximum absolute atomic E-state index is 11.2. The standard InChI is InChI=1S/C10H13ClN4O/c11-9-4-3-7(13-14-9)6-15-5-1-2-8(15)10(12)16/h3-4,8H,1-2,5-6H2,(H2,12,16). The third-order valence-electron chi connectivity index (χ3n) is 2.74. The molecule has 6 heteroatoms. The van der Waals surface area contributed by atoms with Crippen LogP contribution in [0.15, 0.2) is 12.1 Å². The van der Waals surface area contributed by atoms with Gasteiger partial charge in [0.05, 0.1) is 11.7 Å².